The number of halogens is 5. The molecule has 0 bridgehead atoms. The van der Waals surface area contributed by atoms with E-state index in [-0.39, 0.29) is 21.4 Å². The summed E-state index contributed by atoms with van der Waals surface area (Å²) in [5.74, 6) is 0.199. The zero-order valence-corrected chi connectivity index (χ0v) is 9.62. The maximum Gasteiger partial charge on any atom is 0.407 e. The summed E-state index contributed by atoms with van der Waals surface area (Å²) in [6.45, 7) is 0. The van der Waals surface area contributed by atoms with E-state index in [4.69, 9.17) is 33.7 Å². The molecule has 2 nitrogen and oxygen atoms in total. The number of methoxy groups -OCH3 is 1. The highest BCUT2D eigenvalue weighted by molar-refractivity contribution is 6.34. The average Bonchev–Trinajstić information content (AvgIpc) is 2.18. The molecule has 0 saturated heterocycles. The van der Waals surface area contributed by atoms with Gasteiger partial charge in [-0.15, -0.1) is 0 Å². The second-order valence-corrected chi connectivity index (χ2v) is 3.84. The van der Waals surface area contributed by atoms with Crippen molar-refractivity contribution in [3.8, 4) is 5.75 Å². The lowest BCUT2D eigenvalue weighted by Crippen LogP contribution is -2.28. The van der Waals surface area contributed by atoms with E-state index in [2.05, 4.69) is 0 Å². The minimum absolute atomic E-state index is 0.0293. The highest BCUT2D eigenvalue weighted by Gasteiger charge is 2.39. The lowest BCUT2D eigenvalue weighted by molar-refractivity contribution is -0.149. The van der Waals surface area contributed by atoms with E-state index in [0.29, 0.717) is 0 Å². The number of nitrogens with two attached hydrogens (primary N) is 1. The van der Waals surface area contributed by atoms with Gasteiger partial charge >= 0.3 is 6.18 Å². The molecule has 2 N–H and O–H groups in total. The van der Waals surface area contributed by atoms with Crippen molar-refractivity contribution in [1.82, 2.24) is 0 Å². The molecule has 1 unspecified atom stereocenters. The Hall–Kier alpha value is -0.650. The lowest BCUT2D eigenvalue weighted by Gasteiger charge is -2.18. The second kappa shape index (κ2) is 4.69. The van der Waals surface area contributed by atoms with Gasteiger partial charge in [0, 0.05) is 11.1 Å². The molecule has 0 aliphatic rings. The number of hydrogen-bond acceptors (Lipinski definition) is 2. The van der Waals surface area contributed by atoms with E-state index in [1.165, 1.54) is 13.2 Å². The molecule has 0 aliphatic heterocycles. The molecule has 7 heteroatoms. The zero-order valence-electron chi connectivity index (χ0n) is 8.11. The van der Waals surface area contributed by atoms with Crippen molar-refractivity contribution in [3.63, 3.8) is 0 Å². The molecule has 0 spiro atoms. The second-order valence-electron chi connectivity index (χ2n) is 3.03. The van der Waals surface area contributed by atoms with E-state index >= 15 is 0 Å². The van der Waals surface area contributed by atoms with Gasteiger partial charge in [0.1, 0.15) is 11.8 Å². The largest absolute Gasteiger partial charge is 0.495 e. The van der Waals surface area contributed by atoms with Crippen molar-refractivity contribution in [2.45, 2.75) is 12.2 Å². The van der Waals surface area contributed by atoms with E-state index in [0.717, 1.165) is 6.07 Å². The summed E-state index contributed by atoms with van der Waals surface area (Å²) in [6.07, 6.45) is -4.57. The standard InChI is InChI=1S/C9H8Cl2F3NO/c1-16-7-3-5(10)4(2-6(7)11)8(15)9(12,13)14/h2-3,8H,15H2,1H3. The molecule has 16 heavy (non-hydrogen) atoms. The number of rotatable bonds is 2. The summed E-state index contributed by atoms with van der Waals surface area (Å²) < 4.78 is 41.9. The van der Waals surface area contributed by atoms with Crippen LogP contribution in [0.15, 0.2) is 12.1 Å². The summed E-state index contributed by atoms with van der Waals surface area (Å²) in [7, 11) is 1.33. The number of benzene rings is 1. The van der Waals surface area contributed by atoms with Gasteiger partial charge in [0.05, 0.1) is 12.1 Å². The molecular formula is C9H8Cl2F3NO. The molecule has 1 atom stereocenters. The van der Waals surface area contributed by atoms with Crippen LogP contribution in [0.5, 0.6) is 5.75 Å². The van der Waals surface area contributed by atoms with Crippen molar-refractivity contribution in [3.05, 3.63) is 27.7 Å². The molecule has 0 saturated carbocycles. The Morgan fingerprint density at radius 1 is 1.25 bits per heavy atom. The number of hydrogen-bond donors (Lipinski definition) is 1. The summed E-state index contributed by atoms with van der Waals surface area (Å²) in [4.78, 5) is 0. The van der Waals surface area contributed by atoms with Gasteiger partial charge in [0.2, 0.25) is 0 Å². The molecule has 1 aromatic carbocycles. The van der Waals surface area contributed by atoms with Gasteiger partial charge in [0.15, 0.2) is 0 Å². The molecule has 0 aromatic heterocycles. The van der Waals surface area contributed by atoms with Crippen molar-refractivity contribution < 1.29 is 17.9 Å². The molecule has 0 aliphatic carbocycles. The Kier molecular flexibility index (Phi) is 3.93. The summed E-state index contributed by atoms with van der Waals surface area (Å²) in [6, 6.07) is 0.0921. The van der Waals surface area contributed by atoms with Crippen LogP contribution in [0.25, 0.3) is 0 Å². The van der Waals surface area contributed by atoms with Crippen LogP contribution in [-0.2, 0) is 0 Å². The van der Waals surface area contributed by atoms with Crippen molar-refractivity contribution in [1.29, 1.82) is 0 Å². The fraction of sp³-hybridized carbons (Fsp3) is 0.333. The van der Waals surface area contributed by atoms with E-state index < -0.39 is 12.2 Å². The maximum atomic E-state index is 12.4. The SMILES string of the molecule is COc1cc(Cl)c(C(N)C(F)(F)F)cc1Cl. The average molecular weight is 274 g/mol. The minimum atomic E-state index is -4.57. The van der Waals surface area contributed by atoms with Crippen LogP contribution in [0, 0.1) is 0 Å². The maximum absolute atomic E-state index is 12.4. The van der Waals surface area contributed by atoms with Gasteiger partial charge in [-0.3, -0.25) is 0 Å². The fourth-order valence-electron chi connectivity index (χ4n) is 1.12. The fourth-order valence-corrected chi connectivity index (χ4v) is 1.64. The normalized spacial score (nSPS) is 13.7. The summed E-state index contributed by atoms with van der Waals surface area (Å²) >= 11 is 11.4. The third-order valence-electron chi connectivity index (χ3n) is 1.96. The predicted octanol–water partition coefficient (Wildman–Crippen LogP) is 3.56. The molecule has 0 fully saturated rings. The highest BCUT2D eigenvalue weighted by atomic mass is 35.5. The first-order valence-electron chi connectivity index (χ1n) is 4.12. The quantitative estimate of drug-likeness (QED) is 0.894. The Morgan fingerprint density at radius 3 is 2.25 bits per heavy atom. The van der Waals surface area contributed by atoms with Crippen LogP contribution >= 0.6 is 23.2 Å². The number of alkyl halides is 3. The van der Waals surface area contributed by atoms with Crippen molar-refractivity contribution >= 4 is 23.2 Å². The Bertz CT molecular complexity index is 395. The topological polar surface area (TPSA) is 35.2 Å². The first kappa shape index (κ1) is 13.4. The van der Waals surface area contributed by atoms with Gasteiger partial charge in [-0.2, -0.15) is 13.2 Å². The molecule has 90 valence electrons. The van der Waals surface area contributed by atoms with Crippen LogP contribution in [0.4, 0.5) is 13.2 Å². The third kappa shape index (κ3) is 2.72. The molecule has 0 heterocycles. The van der Waals surface area contributed by atoms with Crippen LogP contribution in [0.3, 0.4) is 0 Å². The Morgan fingerprint density at radius 2 is 1.81 bits per heavy atom. The molecule has 1 aromatic rings. The van der Waals surface area contributed by atoms with Crippen LogP contribution in [0.2, 0.25) is 10.0 Å². The summed E-state index contributed by atoms with van der Waals surface area (Å²) in [5.41, 5.74) is 4.75. The molecular weight excluding hydrogens is 266 g/mol. The first-order chi connectivity index (χ1) is 7.27. The minimum Gasteiger partial charge on any atom is -0.495 e. The van der Waals surface area contributed by atoms with Crippen molar-refractivity contribution in [2.24, 2.45) is 5.73 Å². The highest BCUT2D eigenvalue weighted by Crippen LogP contribution is 2.38. The Labute approximate surface area is 100 Å². The number of ether oxygens (including phenoxy) is 1. The predicted molar refractivity (Wildman–Crippen MR) is 56.0 cm³/mol. The van der Waals surface area contributed by atoms with Gasteiger partial charge < -0.3 is 10.5 Å². The van der Waals surface area contributed by atoms with Crippen LogP contribution in [-0.4, -0.2) is 13.3 Å². The lowest BCUT2D eigenvalue weighted by atomic mass is 10.1. The van der Waals surface area contributed by atoms with Gasteiger partial charge in [0.25, 0.3) is 0 Å². The van der Waals surface area contributed by atoms with Gasteiger partial charge in [-0.25, -0.2) is 0 Å². The summed E-state index contributed by atoms with van der Waals surface area (Å²) in [5, 5.41) is -0.104. The van der Waals surface area contributed by atoms with Crippen LogP contribution in [0.1, 0.15) is 11.6 Å². The van der Waals surface area contributed by atoms with E-state index in [1.807, 2.05) is 0 Å². The smallest absolute Gasteiger partial charge is 0.407 e. The molecule has 0 amide bonds. The van der Waals surface area contributed by atoms with Gasteiger partial charge in [-0.05, 0) is 11.6 Å². The van der Waals surface area contributed by atoms with Crippen LogP contribution < -0.4 is 10.5 Å². The van der Waals surface area contributed by atoms with Gasteiger partial charge in [-0.1, -0.05) is 23.2 Å². The zero-order chi connectivity index (χ0) is 12.5. The first-order valence-corrected chi connectivity index (χ1v) is 4.88. The molecule has 1 rings (SSSR count). The van der Waals surface area contributed by atoms with E-state index in [9.17, 15) is 13.2 Å². The van der Waals surface area contributed by atoms with E-state index in [1.54, 1.807) is 0 Å². The van der Waals surface area contributed by atoms with Crippen molar-refractivity contribution in [2.75, 3.05) is 7.11 Å². The monoisotopic (exact) mass is 273 g/mol. The molecule has 0 radical (unpaired) electrons. The third-order valence-corrected chi connectivity index (χ3v) is 2.58. The Balaban J connectivity index is 3.21.